The molecule has 0 unspecified atom stereocenters. The molecule has 0 atom stereocenters. The van der Waals surface area contributed by atoms with Crippen LogP contribution in [0.15, 0.2) is 42.7 Å². The van der Waals surface area contributed by atoms with Crippen LogP contribution in [0.1, 0.15) is 24.1 Å². The van der Waals surface area contributed by atoms with E-state index in [0.29, 0.717) is 0 Å². The average molecular weight is 296 g/mol. The van der Waals surface area contributed by atoms with E-state index in [4.69, 9.17) is 0 Å². The molecule has 0 saturated heterocycles. The summed E-state index contributed by atoms with van der Waals surface area (Å²) in [5.74, 6) is 1.77. The lowest BCUT2D eigenvalue weighted by atomic mass is 10.2. The molecule has 0 saturated carbocycles. The minimum atomic E-state index is 0.749. The van der Waals surface area contributed by atoms with Crippen molar-refractivity contribution >= 4 is 0 Å². The Morgan fingerprint density at radius 1 is 1.23 bits per heavy atom. The van der Waals surface area contributed by atoms with Crippen LogP contribution in [-0.4, -0.2) is 36.9 Å². The summed E-state index contributed by atoms with van der Waals surface area (Å²) in [5, 5.41) is 11.4. The number of nitrogens with zero attached hydrogens (tertiary/aromatic N) is 5. The number of rotatable bonds is 6. The van der Waals surface area contributed by atoms with Crippen LogP contribution in [0.5, 0.6) is 0 Å². The molecule has 114 valence electrons. The first-order chi connectivity index (χ1) is 10.7. The Labute approximate surface area is 129 Å². The third-order valence-corrected chi connectivity index (χ3v) is 3.45. The minimum absolute atomic E-state index is 0.749. The molecule has 2 heterocycles. The molecule has 22 heavy (non-hydrogen) atoms. The van der Waals surface area contributed by atoms with E-state index in [-0.39, 0.29) is 0 Å². The summed E-state index contributed by atoms with van der Waals surface area (Å²) in [5.41, 5.74) is 2.31. The van der Waals surface area contributed by atoms with E-state index in [1.165, 1.54) is 5.56 Å². The van der Waals surface area contributed by atoms with E-state index in [1.807, 2.05) is 16.9 Å². The van der Waals surface area contributed by atoms with Crippen LogP contribution in [0.2, 0.25) is 0 Å². The summed E-state index contributed by atoms with van der Waals surface area (Å²) in [6.45, 7) is 3.65. The first-order valence-electron chi connectivity index (χ1n) is 7.42. The first kappa shape index (κ1) is 14.5. The number of H-pyrrole nitrogens is 1. The molecule has 2 aromatic heterocycles. The van der Waals surface area contributed by atoms with Crippen molar-refractivity contribution in [3.63, 3.8) is 0 Å². The molecule has 1 aromatic carbocycles. The summed E-state index contributed by atoms with van der Waals surface area (Å²) >= 11 is 0. The van der Waals surface area contributed by atoms with E-state index < -0.39 is 0 Å². The standard InChI is InChI=1S/C16H20N6/c1-3-15-18-16(20-19-15)12-21(2)11-13-6-4-7-14(10-13)22-9-5-8-17-22/h4-10H,3,11-12H2,1-2H3,(H,18,19,20). The first-order valence-corrected chi connectivity index (χ1v) is 7.42. The van der Waals surface area contributed by atoms with Gasteiger partial charge in [0.25, 0.3) is 0 Å². The lowest BCUT2D eigenvalue weighted by Gasteiger charge is -2.15. The number of hydrogen-bond acceptors (Lipinski definition) is 4. The quantitative estimate of drug-likeness (QED) is 0.757. The molecule has 6 nitrogen and oxygen atoms in total. The van der Waals surface area contributed by atoms with Gasteiger partial charge in [-0.25, -0.2) is 9.67 Å². The maximum absolute atomic E-state index is 4.45. The number of nitrogens with one attached hydrogen (secondary N) is 1. The third kappa shape index (κ3) is 3.40. The van der Waals surface area contributed by atoms with Gasteiger partial charge in [0.2, 0.25) is 0 Å². The second-order valence-electron chi connectivity index (χ2n) is 5.34. The van der Waals surface area contributed by atoms with E-state index in [0.717, 1.165) is 36.8 Å². The molecule has 0 bridgehead atoms. The topological polar surface area (TPSA) is 62.6 Å². The highest BCUT2D eigenvalue weighted by Crippen LogP contribution is 2.12. The molecule has 3 rings (SSSR count). The van der Waals surface area contributed by atoms with Crippen LogP contribution in [0, 0.1) is 0 Å². The van der Waals surface area contributed by atoms with Crippen molar-refractivity contribution in [2.45, 2.75) is 26.4 Å². The fraction of sp³-hybridized carbons (Fsp3) is 0.312. The Bertz CT molecular complexity index is 716. The molecule has 0 amide bonds. The summed E-state index contributed by atoms with van der Waals surface area (Å²) in [6.07, 6.45) is 4.59. The Morgan fingerprint density at radius 3 is 2.86 bits per heavy atom. The maximum Gasteiger partial charge on any atom is 0.150 e. The Morgan fingerprint density at radius 2 is 2.14 bits per heavy atom. The zero-order valence-electron chi connectivity index (χ0n) is 12.9. The van der Waals surface area contributed by atoms with Crippen LogP contribution >= 0.6 is 0 Å². The Kier molecular flexibility index (Phi) is 4.29. The van der Waals surface area contributed by atoms with Gasteiger partial charge in [0.05, 0.1) is 12.2 Å². The molecule has 1 N–H and O–H groups in total. The molecule has 3 aromatic rings. The summed E-state index contributed by atoms with van der Waals surface area (Å²) in [7, 11) is 2.08. The maximum atomic E-state index is 4.45. The predicted molar refractivity (Wildman–Crippen MR) is 84.5 cm³/mol. The van der Waals surface area contributed by atoms with E-state index in [2.05, 4.69) is 63.4 Å². The zero-order chi connectivity index (χ0) is 15.4. The molecule has 0 aliphatic rings. The molecule has 6 heteroatoms. The molecular formula is C16H20N6. The van der Waals surface area contributed by atoms with Crippen molar-refractivity contribution < 1.29 is 0 Å². The highest BCUT2D eigenvalue weighted by Gasteiger charge is 2.07. The number of aromatic nitrogens is 5. The second-order valence-corrected chi connectivity index (χ2v) is 5.34. The van der Waals surface area contributed by atoms with Crippen molar-refractivity contribution in [3.05, 3.63) is 59.9 Å². The number of aromatic amines is 1. The molecule has 0 spiro atoms. The summed E-state index contributed by atoms with van der Waals surface area (Å²) in [4.78, 5) is 6.66. The minimum Gasteiger partial charge on any atom is -0.295 e. The molecule has 0 fully saturated rings. The van der Waals surface area contributed by atoms with Crippen LogP contribution in [0.3, 0.4) is 0 Å². The summed E-state index contributed by atoms with van der Waals surface area (Å²) < 4.78 is 1.87. The van der Waals surface area contributed by atoms with Crippen LogP contribution < -0.4 is 0 Å². The van der Waals surface area contributed by atoms with E-state index in [1.54, 1.807) is 6.20 Å². The van der Waals surface area contributed by atoms with Gasteiger partial charge in [0, 0.05) is 25.4 Å². The summed E-state index contributed by atoms with van der Waals surface area (Å²) in [6, 6.07) is 10.3. The van der Waals surface area contributed by atoms with Gasteiger partial charge in [-0.2, -0.15) is 10.2 Å². The van der Waals surface area contributed by atoms with Gasteiger partial charge in [-0.1, -0.05) is 19.1 Å². The van der Waals surface area contributed by atoms with Crippen LogP contribution in [0.4, 0.5) is 0 Å². The van der Waals surface area contributed by atoms with Crippen molar-refractivity contribution in [2.24, 2.45) is 0 Å². The van der Waals surface area contributed by atoms with E-state index >= 15 is 0 Å². The molecule has 0 aliphatic carbocycles. The van der Waals surface area contributed by atoms with Crippen molar-refractivity contribution in [1.29, 1.82) is 0 Å². The highest BCUT2D eigenvalue weighted by atomic mass is 15.3. The highest BCUT2D eigenvalue weighted by molar-refractivity contribution is 5.34. The number of hydrogen-bond donors (Lipinski definition) is 1. The third-order valence-electron chi connectivity index (χ3n) is 3.45. The zero-order valence-corrected chi connectivity index (χ0v) is 12.9. The fourth-order valence-electron chi connectivity index (χ4n) is 2.41. The Hall–Kier alpha value is -2.47. The second kappa shape index (κ2) is 6.53. The average Bonchev–Trinajstić information content (AvgIpc) is 3.18. The van der Waals surface area contributed by atoms with Crippen LogP contribution in [-0.2, 0) is 19.5 Å². The van der Waals surface area contributed by atoms with Gasteiger partial charge in [-0.3, -0.25) is 10.00 Å². The van der Waals surface area contributed by atoms with Gasteiger partial charge in [0.1, 0.15) is 11.6 Å². The number of aryl methyl sites for hydroxylation is 1. The lowest BCUT2D eigenvalue weighted by molar-refractivity contribution is 0.311. The van der Waals surface area contributed by atoms with Crippen molar-refractivity contribution in [2.75, 3.05) is 7.05 Å². The normalized spacial score (nSPS) is 11.2. The van der Waals surface area contributed by atoms with Gasteiger partial charge in [-0.05, 0) is 30.8 Å². The van der Waals surface area contributed by atoms with Gasteiger partial charge in [-0.15, -0.1) is 0 Å². The monoisotopic (exact) mass is 296 g/mol. The van der Waals surface area contributed by atoms with Crippen molar-refractivity contribution in [3.8, 4) is 5.69 Å². The molecular weight excluding hydrogens is 276 g/mol. The van der Waals surface area contributed by atoms with Crippen LogP contribution in [0.25, 0.3) is 5.69 Å². The van der Waals surface area contributed by atoms with Gasteiger partial charge < -0.3 is 0 Å². The molecule has 0 aliphatic heterocycles. The van der Waals surface area contributed by atoms with Gasteiger partial charge >= 0.3 is 0 Å². The van der Waals surface area contributed by atoms with Crippen molar-refractivity contribution in [1.82, 2.24) is 29.9 Å². The SMILES string of the molecule is CCc1n[nH]c(CN(C)Cc2cccc(-n3cccn3)c2)n1. The number of benzene rings is 1. The molecule has 0 radical (unpaired) electrons. The largest absolute Gasteiger partial charge is 0.295 e. The fourth-order valence-corrected chi connectivity index (χ4v) is 2.41. The van der Waals surface area contributed by atoms with E-state index in [9.17, 15) is 0 Å². The van der Waals surface area contributed by atoms with Gasteiger partial charge in [0.15, 0.2) is 0 Å². The lowest BCUT2D eigenvalue weighted by Crippen LogP contribution is -2.18. The Balaban J connectivity index is 1.66. The smallest absolute Gasteiger partial charge is 0.150 e. The predicted octanol–water partition coefficient (Wildman–Crippen LogP) is 2.18.